The van der Waals surface area contributed by atoms with Crippen molar-refractivity contribution in [3.8, 4) is 0 Å². The minimum atomic E-state index is -0.406. The Balaban J connectivity index is 3.24. The van der Waals surface area contributed by atoms with Gasteiger partial charge in [-0.15, -0.1) is 0 Å². The fraction of sp³-hybridized carbons (Fsp3) is 0. The molecule has 1 aromatic heterocycles. The Morgan fingerprint density at radius 1 is 1.89 bits per heavy atom. The predicted octanol–water partition coefficient (Wildman–Crippen LogP) is -0.211. The highest BCUT2D eigenvalue weighted by Crippen LogP contribution is 2.01. The van der Waals surface area contributed by atoms with Gasteiger partial charge in [0.15, 0.2) is 0 Å². The van der Waals surface area contributed by atoms with Crippen molar-refractivity contribution < 1.29 is 0 Å². The van der Waals surface area contributed by atoms with Gasteiger partial charge < -0.3 is 0 Å². The van der Waals surface area contributed by atoms with E-state index in [0.717, 1.165) is 4.68 Å². The van der Waals surface area contributed by atoms with Gasteiger partial charge in [0.2, 0.25) is 0 Å². The summed E-state index contributed by atoms with van der Waals surface area (Å²) in [4.78, 5) is 10.6. The van der Waals surface area contributed by atoms with E-state index in [0.29, 0.717) is 4.61 Å². The number of nitrogens with zero attached hydrogens (tertiary/aromatic N) is 3. The van der Waals surface area contributed by atoms with E-state index >= 15 is 0 Å². The van der Waals surface area contributed by atoms with Crippen LogP contribution in [-0.2, 0) is 0 Å². The van der Waals surface area contributed by atoms with Crippen LogP contribution in [0.5, 0.6) is 0 Å². The van der Waals surface area contributed by atoms with Gasteiger partial charge in [-0.2, -0.15) is 4.68 Å². The van der Waals surface area contributed by atoms with E-state index in [1.807, 2.05) is 0 Å². The largest absolute Gasteiger partial charge is 0.366 e. The van der Waals surface area contributed by atoms with E-state index in [-0.39, 0.29) is 0 Å². The molecule has 0 aliphatic rings. The van der Waals surface area contributed by atoms with Crippen molar-refractivity contribution in [3.63, 3.8) is 0 Å². The number of hydrogen-bond acceptors (Lipinski definition) is 3. The van der Waals surface area contributed by atoms with Gasteiger partial charge in [0.25, 0.3) is 0 Å². The number of aromatic nitrogens is 4. The average molecular weight is 191 g/mol. The Labute approximate surface area is 58.5 Å². The number of aromatic amines is 1. The fourth-order valence-corrected chi connectivity index (χ4v) is 0.589. The molecule has 48 valence electrons. The summed E-state index contributed by atoms with van der Waals surface area (Å²) in [5.74, 6) is 0. The van der Waals surface area contributed by atoms with Crippen LogP contribution in [0.1, 0.15) is 0 Å². The number of hydrogen-bond donors (Lipinski definition) is 1. The van der Waals surface area contributed by atoms with E-state index in [2.05, 4.69) is 38.0 Å². The molecular weight excluding hydrogens is 188 g/mol. The molecule has 0 bridgehead atoms. The van der Waals surface area contributed by atoms with E-state index in [1.54, 1.807) is 0 Å². The van der Waals surface area contributed by atoms with E-state index in [4.69, 9.17) is 0 Å². The van der Waals surface area contributed by atoms with Gasteiger partial charge in [0.1, 0.15) is 4.61 Å². The summed E-state index contributed by atoms with van der Waals surface area (Å²) in [7, 11) is 0. The third kappa shape index (κ3) is 1.07. The van der Waals surface area contributed by atoms with Crippen LogP contribution in [0.25, 0.3) is 4.61 Å². The highest BCUT2D eigenvalue weighted by atomic mass is 79.9. The normalized spacial score (nSPS) is 9.44. The second-order valence-electron chi connectivity index (χ2n) is 1.29. The van der Waals surface area contributed by atoms with E-state index in [9.17, 15) is 4.79 Å². The third-order valence-corrected chi connectivity index (χ3v) is 1.04. The number of nitrogens with one attached hydrogen (secondary N) is 1. The summed E-state index contributed by atoms with van der Waals surface area (Å²) in [6.07, 6.45) is 0. The van der Waals surface area contributed by atoms with Gasteiger partial charge in [0, 0.05) is 0 Å². The lowest BCUT2D eigenvalue weighted by atomic mass is 11.0. The highest BCUT2D eigenvalue weighted by molar-refractivity contribution is 9.14. The summed E-state index contributed by atoms with van der Waals surface area (Å²) >= 11 is 2.96. The zero-order valence-electron chi connectivity index (χ0n) is 4.33. The molecular formula is C3H3BrN4O. The molecule has 0 atom stereocenters. The molecule has 0 aromatic carbocycles. The lowest BCUT2D eigenvalue weighted by molar-refractivity contribution is 0.809. The average Bonchev–Trinajstić information content (AvgIpc) is 2.13. The molecule has 0 fully saturated rings. The minimum absolute atomic E-state index is 0.362. The Hall–Kier alpha value is -0.910. The van der Waals surface area contributed by atoms with Crippen molar-refractivity contribution >= 4 is 20.5 Å². The lowest BCUT2D eigenvalue weighted by Gasteiger charge is -1.86. The zero-order valence-corrected chi connectivity index (χ0v) is 5.92. The smallest absolute Gasteiger partial charge is 0.244 e. The van der Waals surface area contributed by atoms with Gasteiger partial charge in [-0.25, -0.2) is 9.89 Å². The third-order valence-electron chi connectivity index (χ3n) is 0.702. The first-order valence-electron chi connectivity index (χ1n) is 2.07. The topological polar surface area (TPSA) is 63.6 Å². The molecule has 1 rings (SSSR count). The molecule has 0 radical (unpaired) electrons. The van der Waals surface area contributed by atoms with Gasteiger partial charge in [-0.1, -0.05) is 6.58 Å². The molecule has 1 heterocycles. The molecule has 5 nitrogen and oxygen atoms in total. The molecule has 1 aromatic rings. The fourth-order valence-electron chi connectivity index (χ4n) is 0.357. The first-order chi connectivity index (χ1) is 4.22. The summed E-state index contributed by atoms with van der Waals surface area (Å²) < 4.78 is 1.36. The highest BCUT2D eigenvalue weighted by Gasteiger charge is 1.97. The maximum absolute atomic E-state index is 10.6. The molecule has 0 spiro atoms. The van der Waals surface area contributed by atoms with Crippen molar-refractivity contribution in [2.45, 2.75) is 0 Å². The second kappa shape index (κ2) is 2.14. The van der Waals surface area contributed by atoms with Crippen molar-refractivity contribution in [2.24, 2.45) is 0 Å². The van der Waals surface area contributed by atoms with Crippen LogP contribution in [0.15, 0.2) is 11.4 Å². The summed E-state index contributed by atoms with van der Waals surface area (Å²) in [5, 5.41) is 8.70. The number of tetrazole rings is 1. The summed E-state index contributed by atoms with van der Waals surface area (Å²) in [6.45, 7) is 3.42. The molecule has 1 N–H and O–H groups in total. The lowest BCUT2D eigenvalue weighted by Crippen LogP contribution is -2.14. The van der Waals surface area contributed by atoms with Crippen molar-refractivity contribution in [1.29, 1.82) is 0 Å². The Kier molecular flexibility index (Phi) is 1.48. The Morgan fingerprint density at radius 3 is 2.78 bits per heavy atom. The first kappa shape index (κ1) is 6.21. The SMILES string of the molecule is C=C(Br)n1nn[nH]c1=O. The first-order valence-corrected chi connectivity index (χ1v) is 2.86. The van der Waals surface area contributed by atoms with Crippen LogP contribution < -0.4 is 5.69 Å². The maximum atomic E-state index is 10.6. The minimum Gasteiger partial charge on any atom is -0.244 e. The van der Waals surface area contributed by atoms with Crippen LogP contribution in [0.4, 0.5) is 0 Å². The van der Waals surface area contributed by atoms with Crippen LogP contribution in [0.3, 0.4) is 0 Å². The number of rotatable bonds is 1. The summed E-state index contributed by atoms with van der Waals surface area (Å²) in [6, 6.07) is 0. The Morgan fingerprint density at radius 2 is 2.56 bits per heavy atom. The van der Waals surface area contributed by atoms with Crippen LogP contribution >= 0.6 is 15.9 Å². The quantitative estimate of drug-likeness (QED) is 0.667. The molecule has 0 saturated carbocycles. The Bertz CT molecular complexity index is 273. The standard InChI is InChI=1S/C3H3BrN4O/c1-2(4)8-3(9)5-6-7-8/h1H2,(H,5,7,9). The number of halogens is 1. The molecule has 0 amide bonds. The second-order valence-corrected chi connectivity index (χ2v) is 2.21. The van der Waals surface area contributed by atoms with Gasteiger partial charge >= 0.3 is 5.69 Å². The molecule has 9 heavy (non-hydrogen) atoms. The van der Waals surface area contributed by atoms with Gasteiger partial charge in [0.05, 0.1) is 0 Å². The van der Waals surface area contributed by atoms with E-state index < -0.39 is 5.69 Å². The molecule has 6 heteroatoms. The van der Waals surface area contributed by atoms with Gasteiger partial charge in [-0.05, 0) is 26.4 Å². The predicted molar refractivity (Wildman–Crippen MR) is 34.9 cm³/mol. The monoisotopic (exact) mass is 190 g/mol. The van der Waals surface area contributed by atoms with Crippen LogP contribution in [0, 0.1) is 0 Å². The van der Waals surface area contributed by atoms with Crippen molar-refractivity contribution in [1.82, 2.24) is 20.2 Å². The maximum Gasteiger partial charge on any atom is 0.366 e. The van der Waals surface area contributed by atoms with Crippen molar-refractivity contribution in [2.75, 3.05) is 0 Å². The van der Waals surface area contributed by atoms with Crippen LogP contribution in [-0.4, -0.2) is 20.2 Å². The van der Waals surface area contributed by atoms with E-state index in [1.165, 1.54) is 0 Å². The van der Waals surface area contributed by atoms with Crippen LogP contribution in [0.2, 0.25) is 0 Å². The molecule has 0 saturated heterocycles. The molecule has 0 aliphatic carbocycles. The molecule has 0 aliphatic heterocycles. The van der Waals surface area contributed by atoms with Crippen molar-refractivity contribution in [3.05, 3.63) is 17.1 Å². The zero-order chi connectivity index (χ0) is 6.85. The summed E-state index contributed by atoms with van der Waals surface area (Å²) in [5.41, 5.74) is -0.406. The van der Waals surface area contributed by atoms with Gasteiger partial charge in [-0.3, -0.25) is 0 Å². The number of H-pyrrole nitrogens is 1. The molecule has 0 unspecified atom stereocenters.